The Balaban J connectivity index is 3.31. The summed E-state index contributed by atoms with van der Waals surface area (Å²) in [4.78, 5) is 3.56. The fourth-order valence-corrected chi connectivity index (χ4v) is 1.63. The number of nitriles is 1. The lowest BCUT2D eigenvalue weighted by Gasteiger charge is -2.07. The number of alkyl halides is 2. The zero-order chi connectivity index (χ0) is 10.7. The minimum atomic E-state index is -2.70. The Morgan fingerprint density at radius 3 is 2.79 bits per heavy atom. The van der Waals surface area contributed by atoms with Crippen LogP contribution in [-0.2, 0) is 6.42 Å². The van der Waals surface area contributed by atoms with Crippen LogP contribution < -0.4 is 0 Å². The smallest absolute Gasteiger partial charge is 0.254 e. The molecule has 6 heteroatoms. The third kappa shape index (κ3) is 2.30. The van der Waals surface area contributed by atoms with E-state index in [1.54, 1.807) is 6.07 Å². The van der Waals surface area contributed by atoms with E-state index in [9.17, 15) is 8.78 Å². The summed E-state index contributed by atoms with van der Waals surface area (Å²) < 4.78 is 25.4. The van der Waals surface area contributed by atoms with Gasteiger partial charge in [-0.15, -0.1) is 0 Å². The average Bonchev–Trinajstić information content (AvgIpc) is 2.13. The van der Waals surface area contributed by atoms with Crippen LogP contribution in [0.15, 0.2) is 6.20 Å². The standard InChI is InChI=1S/C8H4ClF2IN2/c9-6-4(1-2-13)7(8(10)11)14-3-5(6)12/h3,8H,1H2. The van der Waals surface area contributed by atoms with Crippen LogP contribution in [0.4, 0.5) is 8.78 Å². The molecule has 0 aliphatic heterocycles. The zero-order valence-corrected chi connectivity index (χ0v) is 9.68. The van der Waals surface area contributed by atoms with E-state index in [4.69, 9.17) is 16.9 Å². The van der Waals surface area contributed by atoms with Crippen molar-refractivity contribution in [1.29, 1.82) is 5.26 Å². The van der Waals surface area contributed by atoms with Gasteiger partial charge in [0.15, 0.2) is 0 Å². The van der Waals surface area contributed by atoms with E-state index in [0.29, 0.717) is 3.57 Å². The Kier molecular flexibility index (Phi) is 4.01. The van der Waals surface area contributed by atoms with Gasteiger partial charge in [0.1, 0.15) is 5.69 Å². The molecule has 1 heterocycles. The molecular weight excluding hydrogens is 324 g/mol. The van der Waals surface area contributed by atoms with Gasteiger partial charge < -0.3 is 0 Å². The van der Waals surface area contributed by atoms with Crippen molar-refractivity contribution in [2.24, 2.45) is 0 Å². The van der Waals surface area contributed by atoms with E-state index in [2.05, 4.69) is 4.98 Å². The normalized spacial score (nSPS) is 10.3. The molecule has 0 unspecified atom stereocenters. The Hall–Kier alpha value is -0.480. The number of aromatic nitrogens is 1. The summed E-state index contributed by atoms with van der Waals surface area (Å²) in [6, 6.07) is 1.79. The fourth-order valence-electron chi connectivity index (χ4n) is 0.953. The Morgan fingerprint density at radius 1 is 1.64 bits per heavy atom. The van der Waals surface area contributed by atoms with E-state index in [0.717, 1.165) is 0 Å². The second-order valence-electron chi connectivity index (χ2n) is 2.42. The molecule has 0 aliphatic rings. The summed E-state index contributed by atoms with van der Waals surface area (Å²) in [6.45, 7) is 0. The van der Waals surface area contributed by atoms with Gasteiger partial charge in [-0.2, -0.15) is 5.26 Å². The Morgan fingerprint density at radius 2 is 2.29 bits per heavy atom. The van der Waals surface area contributed by atoms with E-state index in [1.165, 1.54) is 6.20 Å². The average molecular weight is 328 g/mol. The Labute approximate surface area is 98.0 Å². The first kappa shape index (κ1) is 11.6. The molecule has 1 aromatic heterocycles. The maximum atomic E-state index is 12.4. The van der Waals surface area contributed by atoms with Crippen molar-refractivity contribution >= 4 is 34.2 Å². The maximum Gasteiger partial charge on any atom is 0.280 e. The van der Waals surface area contributed by atoms with Crippen LogP contribution >= 0.6 is 34.2 Å². The topological polar surface area (TPSA) is 36.7 Å². The molecule has 2 nitrogen and oxygen atoms in total. The van der Waals surface area contributed by atoms with Crippen LogP contribution in [0.25, 0.3) is 0 Å². The van der Waals surface area contributed by atoms with Crippen molar-refractivity contribution in [1.82, 2.24) is 4.98 Å². The van der Waals surface area contributed by atoms with Gasteiger partial charge >= 0.3 is 0 Å². The second kappa shape index (κ2) is 4.84. The third-order valence-electron chi connectivity index (χ3n) is 1.56. The molecule has 0 radical (unpaired) electrons. The number of nitrogens with zero attached hydrogens (tertiary/aromatic N) is 2. The van der Waals surface area contributed by atoms with Crippen molar-refractivity contribution in [2.45, 2.75) is 12.8 Å². The van der Waals surface area contributed by atoms with Gasteiger partial charge in [-0.1, -0.05) is 11.6 Å². The fraction of sp³-hybridized carbons (Fsp3) is 0.250. The highest BCUT2D eigenvalue weighted by Crippen LogP contribution is 2.29. The predicted molar refractivity (Wildman–Crippen MR) is 56.2 cm³/mol. The van der Waals surface area contributed by atoms with Crippen LogP contribution in [0.3, 0.4) is 0 Å². The van der Waals surface area contributed by atoms with Crippen LogP contribution in [0.5, 0.6) is 0 Å². The summed E-state index contributed by atoms with van der Waals surface area (Å²) in [5, 5.41) is 8.65. The molecular formula is C8H4ClF2IN2. The van der Waals surface area contributed by atoms with E-state index in [1.807, 2.05) is 22.6 Å². The van der Waals surface area contributed by atoms with Gasteiger partial charge in [-0.3, -0.25) is 4.98 Å². The SMILES string of the molecule is N#CCc1c(C(F)F)ncc(I)c1Cl. The first-order valence-electron chi connectivity index (χ1n) is 3.55. The largest absolute Gasteiger partial charge is 0.280 e. The van der Waals surface area contributed by atoms with E-state index in [-0.39, 0.29) is 17.0 Å². The minimum absolute atomic E-state index is 0.121. The van der Waals surface area contributed by atoms with Crippen molar-refractivity contribution in [3.05, 3.63) is 26.0 Å². The molecule has 1 aromatic rings. The monoisotopic (exact) mass is 328 g/mol. The number of hydrogen-bond acceptors (Lipinski definition) is 2. The zero-order valence-electron chi connectivity index (χ0n) is 6.77. The highest BCUT2D eigenvalue weighted by atomic mass is 127. The van der Waals surface area contributed by atoms with Gasteiger partial charge in [-0.05, 0) is 22.6 Å². The molecule has 0 amide bonds. The number of pyridine rings is 1. The van der Waals surface area contributed by atoms with E-state index >= 15 is 0 Å². The first-order chi connectivity index (χ1) is 6.57. The number of rotatable bonds is 2. The molecule has 0 bridgehead atoms. The summed E-state index contributed by atoms with van der Waals surface area (Å²) in [5.74, 6) is 0. The minimum Gasteiger partial charge on any atom is -0.254 e. The molecule has 1 rings (SSSR count). The maximum absolute atomic E-state index is 12.4. The number of hydrogen-bond donors (Lipinski definition) is 0. The first-order valence-corrected chi connectivity index (χ1v) is 5.01. The molecule has 0 aliphatic carbocycles. The highest BCUT2D eigenvalue weighted by Gasteiger charge is 2.18. The van der Waals surface area contributed by atoms with Gasteiger partial charge in [0.25, 0.3) is 6.43 Å². The van der Waals surface area contributed by atoms with Crippen LogP contribution in [0, 0.1) is 14.9 Å². The summed E-state index contributed by atoms with van der Waals surface area (Å²) >= 11 is 7.67. The van der Waals surface area contributed by atoms with Crippen molar-refractivity contribution in [2.75, 3.05) is 0 Å². The Bertz CT molecular complexity index is 390. The molecule has 74 valence electrons. The van der Waals surface area contributed by atoms with Crippen LogP contribution in [0.2, 0.25) is 5.02 Å². The van der Waals surface area contributed by atoms with Gasteiger partial charge in [0.05, 0.1) is 21.1 Å². The van der Waals surface area contributed by atoms with E-state index < -0.39 is 12.1 Å². The quantitative estimate of drug-likeness (QED) is 0.781. The lowest BCUT2D eigenvalue weighted by Crippen LogP contribution is -2.00. The van der Waals surface area contributed by atoms with Crippen molar-refractivity contribution in [3.8, 4) is 6.07 Å². The summed E-state index contributed by atoms with van der Waals surface area (Å²) in [7, 11) is 0. The molecule has 0 atom stereocenters. The summed E-state index contributed by atoms with van der Waals surface area (Å²) in [5.41, 5.74) is -0.284. The molecule has 0 N–H and O–H groups in total. The van der Waals surface area contributed by atoms with Gasteiger partial charge in [0, 0.05) is 11.8 Å². The van der Waals surface area contributed by atoms with Crippen LogP contribution in [0.1, 0.15) is 17.7 Å². The molecule has 0 saturated carbocycles. The lowest BCUT2D eigenvalue weighted by molar-refractivity contribution is 0.145. The second-order valence-corrected chi connectivity index (χ2v) is 3.96. The van der Waals surface area contributed by atoms with Gasteiger partial charge in [-0.25, -0.2) is 8.78 Å². The molecule has 0 spiro atoms. The molecule has 0 aromatic carbocycles. The lowest BCUT2D eigenvalue weighted by atomic mass is 10.1. The molecule has 14 heavy (non-hydrogen) atoms. The van der Waals surface area contributed by atoms with Crippen molar-refractivity contribution in [3.63, 3.8) is 0 Å². The van der Waals surface area contributed by atoms with Crippen LogP contribution in [-0.4, -0.2) is 4.98 Å². The third-order valence-corrected chi connectivity index (χ3v) is 3.13. The molecule has 0 saturated heterocycles. The molecule has 0 fully saturated rings. The summed E-state index contributed by atoms with van der Waals surface area (Å²) in [6.07, 6.45) is -1.58. The van der Waals surface area contributed by atoms with Crippen molar-refractivity contribution < 1.29 is 8.78 Å². The predicted octanol–water partition coefficient (Wildman–Crippen LogP) is 3.34. The number of halogens is 4. The van der Waals surface area contributed by atoms with Gasteiger partial charge in [0.2, 0.25) is 0 Å². The highest BCUT2D eigenvalue weighted by molar-refractivity contribution is 14.1.